The molecule has 9 nitrogen and oxygen atoms in total. The standard InChI is InChI=1S/C7H14N2O3S2.C4H6O4S2/c1-4(9-6(10)3-14)8-5(2-13)7(11)12;5-2(6)1-4(9,10)3(7)8/h4-5,8,13-14H,2-3H2,1H3,(H,9,10)(H,11,12);9-10H,1H2,(H,5,6)(H,7,8). The molecule has 0 aromatic rings. The molecule has 0 aromatic carbocycles. The lowest BCUT2D eigenvalue weighted by Crippen LogP contribution is -2.51. The predicted octanol–water partition coefficient (Wildman–Crippen LogP) is -0.547. The SMILES string of the molecule is CC(NC(=O)CS)NC(CS)C(=O)O.O=C(O)CC(S)(S)C(=O)O. The van der Waals surface area contributed by atoms with Gasteiger partial charge in [-0.05, 0) is 6.92 Å². The summed E-state index contributed by atoms with van der Waals surface area (Å²) >= 11 is 14.7. The van der Waals surface area contributed by atoms with Crippen LogP contribution < -0.4 is 10.6 Å². The highest BCUT2D eigenvalue weighted by molar-refractivity contribution is 8.02. The summed E-state index contributed by atoms with van der Waals surface area (Å²) in [7, 11) is 0. The molecule has 0 fully saturated rings. The number of aliphatic carboxylic acids is 3. The summed E-state index contributed by atoms with van der Waals surface area (Å²) in [6, 6.07) is -0.770. The van der Waals surface area contributed by atoms with Gasteiger partial charge < -0.3 is 20.6 Å². The maximum Gasteiger partial charge on any atom is 0.330 e. The molecular weight excluding hydrogens is 400 g/mol. The highest BCUT2D eigenvalue weighted by atomic mass is 32.2. The maximum absolute atomic E-state index is 10.9. The van der Waals surface area contributed by atoms with Crippen LogP contribution in [0.2, 0.25) is 0 Å². The molecule has 0 radical (unpaired) electrons. The van der Waals surface area contributed by atoms with Crippen molar-refractivity contribution in [2.45, 2.75) is 29.6 Å². The van der Waals surface area contributed by atoms with Gasteiger partial charge in [0.15, 0.2) is 4.08 Å². The molecule has 0 saturated heterocycles. The summed E-state index contributed by atoms with van der Waals surface area (Å²) in [5.41, 5.74) is 0. The lowest BCUT2D eigenvalue weighted by atomic mass is 10.3. The fraction of sp³-hybridized carbons (Fsp3) is 0.636. The summed E-state index contributed by atoms with van der Waals surface area (Å²) < 4.78 is -1.77. The molecule has 140 valence electrons. The molecule has 2 atom stereocenters. The van der Waals surface area contributed by atoms with E-state index in [4.69, 9.17) is 15.3 Å². The van der Waals surface area contributed by atoms with Crippen molar-refractivity contribution in [2.24, 2.45) is 0 Å². The normalized spacial score (nSPS) is 13.0. The second kappa shape index (κ2) is 12.6. The number of carbonyl (C=O) groups excluding carboxylic acids is 1. The van der Waals surface area contributed by atoms with Gasteiger partial charge in [-0.25, -0.2) is 4.79 Å². The van der Waals surface area contributed by atoms with Crippen LogP contribution in [0.15, 0.2) is 0 Å². The molecule has 0 rings (SSSR count). The van der Waals surface area contributed by atoms with Gasteiger partial charge >= 0.3 is 17.9 Å². The molecule has 13 heteroatoms. The van der Waals surface area contributed by atoms with Gasteiger partial charge in [0.25, 0.3) is 0 Å². The third-order valence-electron chi connectivity index (χ3n) is 2.19. The molecule has 2 unspecified atom stereocenters. The number of carboxylic acid groups (broad SMARTS) is 3. The van der Waals surface area contributed by atoms with Crippen LogP contribution in [0, 0.1) is 0 Å². The molecule has 0 aliphatic rings. The minimum absolute atomic E-state index is 0.0740. The van der Waals surface area contributed by atoms with E-state index in [-0.39, 0.29) is 17.4 Å². The highest BCUT2D eigenvalue weighted by Gasteiger charge is 2.32. The lowest BCUT2D eigenvalue weighted by Gasteiger charge is -2.19. The first-order valence-corrected chi connectivity index (χ1v) is 8.43. The van der Waals surface area contributed by atoms with Gasteiger partial charge in [-0.15, -0.1) is 25.3 Å². The molecule has 0 spiro atoms. The van der Waals surface area contributed by atoms with Crippen molar-refractivity contribution in [1.82, 2.24) is 10.6 Å². The molecule has 1 amide bonds. The number of amides is 1. The van der Waals surface area contributed by atoms with E-state index in [1.54, 1.807) is 6.92 Å². The van der Waals surface area contributed by atoms with E-state index in [0.29, 0.717) is 0 Å². The Bertz CT molecular complexity index is 462. The van der Waals surface area contributed by atoms with Crippen molar-refractivity contribution in [3.63, 3.8) is 0 Å². The zero-order valence-corrected chi connectivity index (χ0v) is 16.1. The Morgan fingerprint density at radius 3 is 1.83 bits per heavy atom. The fourth-order valence-electron chi connectivity index (χ4n) is 1.12. The molecule has 5 N–H and O–H groups in total. The van der Waals surface area contributed by atoms with E-state index in [9.17, 15) is 19.2 Å². The van der Waals surface area contributed by atoms with Crippen molar-refractivity contribution in [3.05, 3.63) is 0 Å². The molecule has 0 aliphatic carbocycles. The minimum atomic E-state index is -1.77. The van der Waals surface area contributed by atoms with Gasteiger partial charge in [-0.2, -0.15) is 25.3 Å². The summed E-state index contributed by atoms with van der Waals surface area (Å²) in [6.45, 7) is 1.65. The van der Waals surface area contributed by atoms with Crippen LogP contribution in [0.1, 0.15) is 13.3 Å². The van der Waals surface area contributed by atoms with Crippen molar-refractivity contribution in [3.8, 4) is 0 Å². The first-order chi connectivity index (χ1) is 10.9. The van der Waals surface area contributed by atoms with Gasteiger partial charge in [0.2, 0.25) is 5.91 Å². The number of thiol groups is 4. The topological polar surface area (TPSA) is 153 Å². The Morgan fingerprint density at radius 2 is 1.58 bits per heavy atom. The van der Waals surface area contributed by atoms with Crippen LogP contribution in [-0.2, 0) is 19.2 Å². The van der Waals surface area contributed by atoms with Crippen molar-refractivity contribution >= 4 is 74.3 Å². The zero-order valence-electron chi connectivity index (χ0n) is 12.5. The molecule has 0 bridgehead atoms. The lowest BCUT2D eigenvalue weighted by molar-refractivity contribution is -0.143. The van der Waals surface area contributed by atoms with E-state index in [1.807, 2.05) is 0 Å². The molecule has 0 saturated carbocycles. The summed E-state index contributed by atoms with van der Waals surface area (Å²) in [4.78, 5) is 41.5. The maximum atomic E-state index is 10.9. The van der Waals surface area contributed by atoms with Crippen LogP contribution in [0.25, 0.3) is 0 Å². The van der Waals surface area contributed by atoms with E-state index in [0.717, 1.165) is 0 Å². The Labute approximate surface area is 160 Å². The average Bonchev–Trinajstić information content (AvgIpc) is 2.43. The number of carboxylic acids is 3. The van der Waals surface area contributed by atoms with Gasteiger partial charge in [-0.1, -0.05) is 0 Å². The Hall–Kier alpha value is -0.760. The summed E-state index contributed by atoms with van der Waals surface area (Å²) in [5.74, 6) is -3.61. The Kier molecular flexibility index (Phi) is 13.4. The Balaban J connectivity index is 0. The summed E-state index contributed by atoms with van der Waals surface area (Å²) in [6.07, 6.45) is -1.03. The number of hydrogen-bond donors (Lipinski definition) is 9. The van der Waals surface area contributed by atoms with E-state index >= 15 is 0 Å². The van der Waals surface area contributed by atoms with Crippen LogP contribution in [0.3, 0.4) is 0 Å². The largest absolute Gasteiger partial charge is 0.481 e. The monoisotopic (exact) mass is 420 g/mol. The minimum Gasteiger partial charge on any atom is -0.481 e. The van der Waals surface area contributed by atoms with E-state index < -0.39 is 40.6 Å². The molecular formula is C11H20N2O7S4. The van der Waals surface area contributed by atoms with Gasteiger partial charge in [0.05, 0.1) is 18.3 Å². The molecule has 24 heavy (non-hydrogen) atoms. The van der Waals surface area contributed by atoms with Crippen LogP contribution in [0.5, 0.6) is 0 Å². The predicted molar refractivity (Wildman–Crippen MR) is 100 cm³/mol. The van der Waals surface area contributed by atoms with E-state index in [1.165, 1.54) is 0 Å². The second-order valence-electron chi connectivity index (χ2n) is 4.38. The zero-order chi connectivity index (χ0) is 19.5. The third-order valence-corrected chi connectivity index (χ3v) is 3.54. The number of carbonyl (C=O) groups is 4. The first kappa shape index (κ1) is 25.5. The van der Waals surface area contributed by atoms with Crippen LogP contribution in [0.4, 0.5) is 0 Å². The Morgan fingerprint density at radius 1 is 1.08 bits per heavy atom. The van der Waals surface area contributed by atoms with Crippen molar-refractivity contribution in [2.75, 3.05) is 11.5 Å². The van der Waals surface area contributed by atoms with Gasteiger partial charge in [0, 0.05) is 5.75 Å². The number of nitrogens with one attached hydrogen (secondary N) is 2. The fourth-order valence-corrected chi connectivity index (χ4v) is 1.74. The number of rotatable bonds is 9. The number of hydrogen-bond acceptors (Lipinski definition) is 9. The van der Waals surface area contributed by atoms with Crippen molar-refractivity contribution < 1.29 is 34.5 Å². The molecule has 0 aromatic heterocycles. The highest BCUT2D eigenvalue weighted by Crippen LogP contribution is 2.23. The summed E-state index contributed by atoms with van der Waals surface area (Å²) in [5, 5.41) is 30.3. The average molecular weight is 421 g/mol. The third kappa shape index (κ3) is 12.6. The van der Waals surface area contributed by atoms with Crippen LogP contribution in [-0.4, -0.2) is 66.9 Å². The van der Waals surface area contributed by atoms with Gasteiger partial charge in [0.1, 0.15) is 6.04 Å². The van der Waals surface area contributed by atoms with Gasteiger partial charge in [-0.3, -0.25) is 19.7 Å². The van der Waals surface area contributed by atoms with E-state index in [2.05, 4.69) is 61.1 Å². The first-order valence-electron chi connectivity index (χ1n) is 6.27. The quantitative estimate of drug-likeness (QED) is 0.178. The van der Waals surface area contributed by atoms with Crippen molar-refractivity contribution in [1.29, 1.82) is 0 Å². The molecule has 0 aliphatic heterocycles. The second-order valence-corrected chi connectivity index (χ2v) is 6.94. The molecule has 0 heterocycles. The van der Waals surface area contributed by atoms with Crippen LogP contribution >= 0.6 is 50.5 Å². The smallest absolute Gasteiger partial charge is 0.330 e.